The number of aryl methyl sites for hydroxylation is 1. The van der Waals surface area contributed by atoms with E-state index in [1.54, 1.807) is 13.0 Å². The van der Waals surface area contributed by atoms with Crippen LogP contribution in [0.25, 0.3) is 0 Å². The van der Waals surface area contributed by atoms with E-state index in [1.807, 2.05) is 0 Å². The molecule has 1 amide bonds. The Morgan fingerprint density at radius 1 is 1.50 bits per heavy atom. The van der Waals surface area contributed by atoms with Crippen LogP contribution >= 0.6 is 0 Å². The van der Waals surface area contributed by atoms with Gasteiger partial charge in [-0.2, -0.15) is 0 Å². The number of hydrogen-bond acceptors (Lipinski definition) is 5. The summed E-state index contributed by atoms with van der Waals surface area (Å²) >= 11 is 0. The number of rotatable bonds is 4. The summed E-state index contributed by atoms with van der Waals surface area (Å²) in [7, 11) is 0. The molecule has 0 bridgehead atoms. The van der Waals surface area contributed by atoms with Crippen LogP contribution in [0.4, 0.5) is 0 Å². The Balaban J connectivity index is 1.80. The van der Waals surface area contributed by atoms with Gasteiger partial charge in [-0.3, -0.25) is 4.79 Å². The number of carboxylic acids is 1. The molecule has 7 nitrogen and oxygen atoms in total. The molecule has 2 N–H and O–H groups in total. The number of hydrogen-bond donors (Lipinski definition) is 2. The van der Waals surface area contributed by atoms with Gasteiger partial charge in [-0.15, -0.1) is 0 Å². The molecule has 0 radical (unpaired) electrons. The summed E-state index contributed by atoms with van der Waals surface area (Å²) in [4.78, 5) is 22.4. The zero-order chi connectivity index (χ0) is 13.1. The third-order valence-corrected chi connectivity index (χ3v) is 2.70. The first kappa shape index (κ1) is 12.6. The van der Waals surface area contributed by atoms with Gasteiger partial charge in [0.05, 0.1) is 12.2 Å². The summed E-state index contributed by atoms with van der Waals surface area (Å²) in [6, 6.07) is 1.72. The summed E-state index contributed by atoms with van der Waals surface area (Å²) in [6.45, 7) is 2.00. The van der Waals surface area contributed by atoms with E-state index in [0.717, 1.165) is 5.69 Å². The zero-order valence-electron chi connectivity index (χ0n) is 9.88. The molecule has 0 unspecified atom stereocenters. The lowest BCUT2D eigenvalue weighted by Crippen LogP contribution is -2.35. The maximum Gasteiger partial charge on any atom is 0.332 e. The van der Waals surface area contributed by atoms with Crippen molar-refractivity contribution in [2.75, 3.05) is 0 Å². The van der Waals surface area contributed by atoms with E-state index >= 15 is 0 Å². The maximum absolute atomic E-state index is 11.7. The second kappa shape index (κ2) is 5.18. The monoisotopic (exact) mass is 254 g/mol. The Hall–Kier alpha value is -1.89. The van der Waals surface area contributed by atoms with Gasteiger partial charge in [-0.1, -0.05) is 5.16 Å². The number of carboxylic acid groups (broad SMARTS) is 1. The largest absolute Gasteiger partial charge is 0.479 e. The van der Waals surface area contributed by atoms with Crippen LogP contribution < -0.4 is 5.32 Å². The Morgan fingerprint density at radius 2 is 2.22 bits per heavy atom. The molecule has 7 heteroatoms. The maximum atomic E-state index is 11.7. The van der Waals surface area contributed by atoms with Crippen molar-refractivity contribution in [2.45, 2.75) is 38.5 Å². The number of carbonyl (C=O) groups is 2. The summed E-state index contributed by atoms with van der Waals surface area (Å²) in [5, 5.41) is 15.1. The predicted octanol–water partition coefficient (Wildman–Crippen LogP) is 0.231. The number of carbonyl (C=O) groups excluding carboxylic acids is 1. The topological polar surface area (TPSA) is 102 Å². The lowest BCUT2D eigenvalue weighted by molar-refractivity contribution is -0.151. The number of ether oxygens (including phenoxy) is 1. The minimum absolute atomic E-state index is 0.220. The summed E-state index contributed by atoms with van der Waals surface area (Å²) in [5.41, 5.74) is 0.738. The molecule has 18 heavy (non-hydrogen) atoms. The average Bonchev–Trinajstić information content (AvgIpc) is 2.94. The molecule has 1 aromatic heterocycles. The van der Waals surface area contributed by atoms with Crippen LogP contribution in [-0.4, -0.2) is 34.3 Å². The van der Waals surface area contributed by atoms with E-state index in [0.29, 0.717) is 18.6 Å². The van der Waals surface area contributed by atoms with E-state index < -0.39 is 18.2 Å². The highest BCUT2D eigenvalue weighted by molar-refractivity contribution is 5.82. The fourth-order valence-electron chi connectivity index (χ4n) is 1.80. The van der Waals surface area contributed by atoms with Crippen LogP contribution in [0, 0.1) is 6.92 Å². The first-order valence-corrected chi connectivity index (χ1v) is 5.64. The number of nitrogens with one attached hydrogen (secondary N) is 1. The molecule has 0 saturated carbocycles. The van der Waals surface area contributed by atoms with Crippen molar-refractivity contribution in [3.05, 3.63) is 17.5 Å². The molecular formula is C11H14N2O5. The number of aliphatic carboxylic acids is 1. The van der Waals surface area contributed by atoms with Crippen molar-refractivity contribution in [3.8, 4) is 0 Å². The van der Waals surface area contributed by atoms with E-state index in [-0.39, 0.29) is 12.5 Å². The van der Waals surface area contributed by atoms with Crippen molar-refractivity contribution in [2.24, 2.45) is 0 Å². The minimum Gasteiger partial charge on any atom is -0.479 e. The van der Waals surface area contributed by atoms with Crippen LogP contribution in [-0.2, 0) is 20.9 Å². The van der Waals surface area contributed by atoms with Crippen LogP contribution in [0.15, 0.2) is 10.6 Å². The average molecular weight is 254 g/mol. The van der Waals surface area contributed by atoms with Gasteiger partial charge in [0.2, 0.25) is 5.91 Å². The first-order chi connectivity index (χ1) is 8.56. The smallest absolute Gasteiger partial charge is 0.332 e. The Labute approximate surface area is 103 Å². The Morgan fingerprint density at radius 3 is 2.78 bits per heavy atom. The number of nitrogens with zero attached hydrogens (tertiary/aromatic N) is 1. The molecule has 2 atom stereocenters. The molecule has 1 aliphatic rings. The second-order valence-electron chi connectivity index (χ2n) is 4.18. The van der Waals surface area contributed by atoms with Crippen LogP contribution in [0.1, 0.15) is 24.3 Å². The molecule has 2 rings (SSSR count). The summed E-state index contributed by atoms with van der Waals surface area (Å²) < 4.78 is 10.1. The van der Waals surface area contributed by atoms with Gasteiger partial charge in [0, 0.05) is 6.07 Å². The van der Waals surface area contributed by atoms with Crippen molar-refractivity contribution in [3.63, 3.8) is 0 Å². The van der Waals surface area contributed by atoms with Crippen LogP contribution in [0.5, 0.6) is 0 Å². The quantitative estimate of drug-likeness (QED) is 0.797. The molecule has 1 aliphatic heterocycles. The van der Waals surface area contributed by atoms with Gasteiger partial charge in [-0.25, -0.2) is 4.79 Å². The molecule has 1 aromatic rings. The third kappa shape index (κ3) is 2.86. The van der Waals surface area contributed by atoms with Gasteiger partial charge < -0.3 is 19.7 Å². The van der Waals surface area contributed by atoms with E-state index in [4.69, 9.17) is 14.4 Å². The Bertz CT molecular complexity index is 456. The molecule has 1 saturated heterocycles. The third-order valence-electron chi connectivity index (χ3n) is 2.70. The van der Waals surface area contributed by atoms with Crippen LogP contribution in [0.3, 0.4) is 0 Å². The Kier molecular flexibility index (Phi) is 3.61. The van der Waals surface area contributed by atoms with Crippen molar-refractivity contribution in [1.29, 1.82) is 0 Å². The fourth-order valence-corrected chi connectivity index (χ4v) is 1.80. The van der Waals surface area contributed by atoms with Crippen molar-refractivity contribution in [1.82, 2.24) is 10.5 Å². The molecule has 0 aromatic carbocycles. The predicted molar refractivity (Wildman–Crippen MR) is 58.6 cm³/mol. The van der Waals surface area contributed by atoms with Crippen LogP contribution in [0.2, 0.25) is 0 Å². The molecular weight excluding hydrogens is 240 g/mol. The summed E-state index contributed by atoms with van der Waals surface area (Å²) in [6.07, 6.45) is -0.809. The molecule has 0 aliphatic carbocycles. The van der Waals surface area contributed by atoms with E-state index in [9.17, 15) is 9.59 Å². The molecule has 98 valence electrons. The van der Waals surface area contributed by atoms with Gasteiger partial charge >= 0.3 is 5.97 Å². The first-order valence-electron chi connectivity index (χ1n) is 5.64. The zero-order valence-corrected chi connectivity index (χ0v) is 9.88. The highest BCUT2D eigenvalue weighted by Crippen LogP contribution is 2.20. The number of amides is 1. The molecule has 1 fully saturated rings. The lowest BCUT2D eigenvalue weighted by Gasteiger charge is -2.10. The van der Waals surface area contributed by atoms with Gasteiger partial charge in [0.15, 0.2) is 11.9 Å². The highest BCUT2D eigenvalue weighted by atomic mass is 16.5. The normalized spacial score (nSPS) is 22.9. The lowest BCUT2D eigenvalue weighted by atomic mass is 10.2. The van der Waals surface area contributed by atoms with E-state index in [1.165, 1.54) is 0 Å². The fraction of sp³-hybridized carbons (Fsp3) is 0.545. The number of aromatic nitrogens is 1. The molecule has 0 spiro atoms. The molecule has 2 heterocycles. The second-order valence-corrected chi connectivity index (χ2v) is 4.18. The van der Waals surface area contributed by atoms with Gasteiger partial charge in [0.1, 0.15) is 6.10 Å². The van der Waals surface area contributed by atoms with Gasteiger partial charge in [0.25, 0.3) is 0 Å². The highest BCUT2D eigenvalue weighted by Gasteiger charge is 2.34. The van der Waals surface area contributed by atoms with E-state index in [2.05, 4.69) is 10.5 Å². The van der Waals surface area contributed by atoms with Crippen molar-refractivity contribution >= 4 is 11.9 Å². The van der Waals surface area contributed by atoms with Crippen molar-refractivity contribution < 1.29 is 24.0 Å². The standard InChI is InChI=1S/C11H14N2O5/c1-6-4-7(18-13-6)5-12-10(14)8-2-3-9(17-8)11(15)16/h4,8-9H,2-3,5H2,1H3,(H,12,14)(H,15,16)/t8-,9+/m0/s1. The SMILES string of the molecule is Cc1cc(CNC(=O)[C@@H]2CC[C@H](C(=O)O)O2)on1. The summed E-state index contributed by atoms with van der Waals surface area (Å²) in [5.74, 6) is -0.808. The van der Waals surface area contributed by atoms with Gasteiger partial charge in [-0.05, 0) is 19.8 Å². The minimum atomic E-state index is -1.03.